The van der Waals surface area contributed by atoms with E-state index in [1.165, 1.54) is 0 Å². The molecule has 1 heterocycles. The fourth-order valence-electron chi connectivity index (χ4n) is 3.03. The lowest BCUT2D eigenvalue weighted by Crippen LogP contribution is -2.17. The highest BCUT2D eigenvalue weighted by Gasteiger charge is 2.12. The van der Waals surface area contributed by atoms with Crippen molar-refractivity contribution in [3.8, 4) is 22.7 Å². The summed E-state index contributed by atoms with van der Waals surface area (Å²) in [6, 6.07) is 24.2. The van der Waals surface area contributed by atoms with Gasteiger partial charge in [0.25, 0.3) is 5.91 Å². The summed E-state index contributed by atoms with van der Waals surface area (Å²) in [5, 5.41) is 9.22. The van der Waals surface area contributed by atoms with E-state index in [1.807, 2.05) is 60.8 Å². The van der Waals surface area contributed by atoms with Crippen LogP contribution in [0.15, 0.2) is 90.2 Å². The van der Waals surface area contributed by atoms with Crippen molar-refractivity contribution in [3.05, 3.63) is 101 Å². The zero-order valence-corrected chi connectivity index (χ0v) is 17.5. The maximum atomic E-state index is 12.4. The van der Waals surface area contributed by atoms with Crippen molar-refractivity contribution in [2.24, 2.45) is 5.10 Å². The molecular weight excluding hydrogens is 412 g/mol. The average Bonchev–Trinajstić information content (AvgIpc) is 3.24. The molecule has 0 saturated heterocycles. The first kappa shape index (κ1) is 20.4. The van der Waals surface area contributed by atoms with Crippen molar-refractivity contribution >= 4 is 23.7 Å². The Kier molecular flexibility index (Phi) is 6.10. The maximum Gasteiger partial charge on any atom is 0.272 e. The van der Waals surface area contributed by atoms with Crippen LogP contribution in [-0.4, -0.2) is 29.0 Å². The van der Waals surface area contributed by atoms with Crippen LogP contribution in [0.1, 0.15) is 15.9 Å². The molecule has 0 spiro atoms. The van der Waals surface area contributed by atoms with Gasteiger partial charge >= 0.3 is 0 Å². The van der Waals surface area contributed by atoms with Gasteiger partial charge in [-0.3, -0.25) is 4.79 Å². The van der Waals surface area contributed by atoms with E-state index in [2.05, 4.69) is 10.5 Å². The third-order valence-electron chi connectivity index (χ3n) is 4.61. The monoisotopic (exact) mass is 430 g/mol. The second kappa shape index (κ2) is 9.28. The summed E-state index contributed by atoms with van der Waals surface area (Å²) in [5.74, 6) is 0.372. The second-order valence-electron chi connectivity index (χ2n) is 6.62. The summed E-state index contributed by atoms with van der Waals surface area (Å²) in [7, 11) is 1.62. The van der Waals surface area contributed by atoms with Crippen LogP contribution in [0.4, 0.5) is 0 Å². The van der Waals surface area contributed by atoms with E-state index in [-0.39, 0.29) is 5.91 Å². The number of rotatable bonds is 6. The SMILES string of the molecule is COc1ccc(-c2nn(-c3ccccc3)cc2/C=N/NC(=O)c2ccccc2Cl)cc1. The molecule has 154 valence electrons. The third-order valence-corrected chi connectivity index (χ3v) is 4.94. The fourth-order valence-corrected chi connectivity index (χ4v) is 3.26. The Hall–Kier alpha value is -3.90. The predicted molar refractivity (Wildman–Crippen MR) is 122 cm³/mol. The van der Waals surface area contributed by atoms with Gasteiger partial charge in [0, 0.05) is 17.3 Å². The van der Waals surface area contributed by atoms with E-state index in [1.54, 1.807) is 42.3 Å². The van der Waals surface area contributed by atoms with E-state index in [4.69, 9.17) is 21.4 Å². The van der Waals surface area contributed by atoms with E-state index in [0.29, 0.717) is 10.6 Å². The highest BCUT2D eigenvalue weighted by molar-refractivity contribution is 6.33. The van der Waals surface area contributed by atoms with Gasteiger partial charge in [-0.15, -0.1) is 0 Å². The van der Waals surface area contributed by atoms with Crippen LogP contribution in [0.5, 0.6) is 5.75 Å². The largest absolute Gasteiger partial charge is 0.497 e. The van der Waals surface area contributed by atoms with Crippen molar-refractivity contribution in [3.63, 3.8) is 0 Å². The standard InChI is InChI=1S/C24H19ClN4O2/c1-31-20-13-11-17(12-14-20)23-18(16-29(28-23)19-7-3-2-4-8-19)15-26-27-24(30)21-9-5-6-10-22(21)25/h2-16H,1H3,(H,27,30)/b26-15+. The number of hydrogen-bond acceptors (Lipinski definition) is 4. The molecule has 6 nitrogen and oxygen atoms in total. The molecule has 0 aliphatic carbocycles. The number of aromatic nitrogens is 2. The maximum absolute atomic E-state index is 12.4. The Morgan fingerprint density at radius 3 is 2.45 bits per heavy atom. The van der Waals surface area contributed by atoms with Gasteiger partial charge in [0.1, 0.15) is 11.4 Å². The van der Waals surface area contributed by atoms with Gasteiger partial charge in [0.2, 0.25) is 0 Å². The van der Waals surface area contributed by atoms with Gasteiger partial charge in [-0.1, -0.05) is 41.9 Å². The van der Waals surface area contributed by atoms with Crippen molar-refractivity contribution in [1.29, 1.82) is 0 Å². The Balaban J connectivity index is 1.64. The quantitative estimate of drug-likeness (QED) is 0.347. The molecule has 0 atom stereocenters. The Labute approximate surface area is 184 Å². The molecule has 0 aliphatic heterocycles. The number of amides is 1. The molecule has 0 saturated carbocycles. The van der Waals surface area contributed by atoms with Crippen molar-refractivity contribution < 1.29 is 9.53 Å². The molecule has 0 radical (unpaired) electrons. The van der Waals surface area contributed by atoms with Crippen molar-refractivity contribution in [2.45, 2.75) is 0 Å². The van der Waals surface area contributed by atoms with Gasteiger partial charge in [-0.25, -0.2) is 10.1 Å². The first-order valence-electron chi connectivity index (χ1n) is 9.53. The molecule has 4 aromatic rings. The van der Waals surface area contributed by atoms with E-state index in [9.17, 15) is 4.79 Å². The number of hydrazone groups is 1. The number of ether oxygens (including phenoxy) is 1. The minimum absolute atomic E-state index is 0.358. The molecule has 0 unspecified atom stereocenters. The van der Waals surface area contributed by atoms with E-state index in [0.717, 1.165) is 28.3 Å². The molecular formula is C24H19ClN4O2. The zero-order chi connectivity index (χ0) is 21.6. The van der Waals surface area contributed by atoms with Gasteiger partial charge in [0.15, 0.2) is 0 Å². The summed E-state index contributed by atoms with van der Waals surface area (Å²) in [6.45, 7) is 0. The number of carbonyl (C=O) groups excluding carboxylic acids is 1. The van der Waals surface area contributed by atoms with Gasteiger partial charge in [-0.2, -0.15) is 10.2 Å². The van der Waals surface area contributed by atoms with E-state index < -0.39 is 0 Å². The number of methoxy groups -OCH3 is 1. The second-order valence-corrected chi connectivity index (χ2v) is 7.03. The number of para-hydroxylation sites is 1. The lowest BCUT2D eigenvalue weighted by Gasteiger charge is -2.03. The van der Waals surface area contributed by atoms with Crippen LogP contribution in [0.25, 0.3) is 16.9 Å². The molecule has 0 bridgehead atoms. The van der Waals surface area contributed by atoms with E-state index >= 15 is 0 Å². The van der Waals surface area contributed by atoms with Crippen LogP contribution in [0.2, 0.25) is 5.02 Å². The van der Waals surface area contributed by atoms with Crippen LogP contribution in [0.3, 0.4) is 0 Å². The number of carbonyl (C=O) groups is 1. The summed E-state index contributed by atoms with van der Waals surface area (Å²) < 4.78 is 7.02. The summed E-state index contributed by atoms with van der Waals surface area (Å²) in [6.07, 6.45) is 3.43. The number of hydrogen-bond donors (Lipinski definition) is 1. The fraction of sp³-hybridized carbons (Fsp3) is 0.0417. The molecule has 0 aliphatic rings. The summed E-state index contributed by atoms with van der Waals surface area (Å²) in [5.41, 5.74) is 6.16. The van der Waals surface area contributed by atoms with Gasteiger partial charge in [0.05, 0.1) is 29.6 Å². The highest BCUT2D eigenvalue weighted by atomic mass is 35.5. The Morgan fingerprint density at radius 2 is 1.74 bits per heavy atom. The Morgan fingerprint density at radius 1 is 1.03 bits per heavy atom. The molecule has 4 rings (SSSR count). The minimum Gasteiger partial charge on any atom is -0.497 e. The van der Waals surface area contributed by atoms with Gasteiger partial charge < -0.3 is 4.74 Å². The molecule has 1 amide bonds. The Bertz CT molecular complexity index is 1220. The molecule has 0 fully saturated rings. The topological polar surface area (TPSA) is 68.5 Å². The molecule has 3 aromatic carbocycles. The first-order valence-corrected chi connectivity index (χ1v) is 9.91. The lowest BCUT2D eigenvalue weighted by atomic mass is 10.1. The molecule has 1 N–H and O–H groups in total. The lowest BCUT2D eigenvalue weighted by molar-refractivity contribution is 0.0955. The molecule has 1 aromatic heterocycles. The highest BCUT2D eigenvalue weighted by Crippen LogP contribution is 2.25. The predicted octanol–water partition coefficient (Wildman–Crippen LogP) is 4.97. The van der Waals surface area contributed by atoms with Gasteiger partial charge in [-0.05, 0) is 48.5 Å². The third kappa shape index (κ3) is 4.65. The van der Waals surface area contributed by atoms with Crippen LogP contribution >= 0.6 is 11.6 Å². The van der Waals surface area contributed by atoms with Crippen molar-refractivity contribution in [2.75, 3.05) is 7.11 Å². The number of benzene rings is 3. The van der Waals surface area contributed by atoms with Crippen molar-refractivity contribution in [1.82, 2.24) is 15.2 Å². The van der Waals surface area contributed by atoms with Crippen LogP contribution < -0.4 is 10.2 Å². The molecule has 31 heavy (non-hydrogen) atoms. The number of halogens is 1. The van der Waals surface area contributed by atoms with Crippen LogP contribution in [0, 0.1) is 0 Å². The average molecular weight is 431 g/mol. The smallest absolute Gasteiger partial charge is 0.272 e. The minimum atomic E-state index is -0.386. The summed E-state index contributed by atoms with van der Waals surface area (Å²) in [4.78, 5) is 12.4. The summed E-state index contributed by atoms with van der Waals surface area (Å²) >= 11 is 6.08. The molecule has 7 heteroatoms. The first-order chi connectivity index (χ1) is 15.2. The number of nitrogens with zero attached hydrogens (tertiary/aromatic N) is 3. The number of nitrogens with one attached hydrogen (secondary N) is 1. The zero-order valence-electron chi connectivity index (χ0n) is 16.7. The normalized spacial score (nSPS) is 10.9. The van der Waals surface area contributed by atoms with Crippen LogP contribution in [-0.2, 0) is 0 Å².